The highest BCUT2D eigenvalue weighted by molar-refractivity contribution is 6.31. The van der Waals surface area contributed by atoms with Crippen LogP contribution in [0.15, 0.2) is 72.8 Å². The second kappa shape index (κ2) is 13.1. The zero-order valence-electron chi connectivity index (χ0n) is 21.5. The smallest absolute Gasteiger partial charge is 0.261 e. The molecular formula is C30H35ClN2O3. The number of nitrogens with one attached hydrogen (secondary N) is 1. The van der Waals surface area contributed by atoms with E-state index in [0.29, 0.717) is 23.7 Å². The summed E-state index contributed by atoms with van der Waals surface area (Å²) < 4.78 is 5.95. The molecule has 36 heavy (non-hydrogen) atoms. The van der Waals surface area contributed by atoms with Gasteiger partial charge in [0.15, 0.2) is 6.61 Å². The van der Waals surface area contributed by atoms with Gasteiger partial charge in [-0.15, -0.1) is 0 Å². The molecule has 190 valence electrons. The van der Waals surface area contributed by atoms with Crippen LogP contribution in [0.1, 0.15) is 36.1 Å². The first-order valence-corrected chi connectivity index (χ1v) is 12.7. The molecule has 6 heteroatoms. The van der Waals surface area contributed by atoms with Gasteiger partial charge in [-0.3, -0.25) is 9.59 Å². The van der Waals surface area contributed by atoms with Crippen molar-refractivity contribution in [2.75, 3.05) is 13.2 Å². The minimum Gasteiger partial charge on any atom is -0.483 e. The number of rotatable bonds is 11. The van der Waals surface area contributed by atoms with Gasteiger partial charge < -0.3 is 15.0 Å². The largest absolute Gasteiger partial charge is 0.483 e. The number of ether oxygens (including phenoxy) is 1. The number of hydrogen-bond acceptors (Lipinski definition) is 3. The van der Waals surface area contributed by atoms with Crippen molar-refractivity contribution in [3.8, 4) is 5.75 Å². The van der Waals surface area contributed by atoms with Crippen LogP contribution in [0.3, 0.4) is 0 Å². The Kier molecular flexibility index (Phi) is 9.95. The number of hydrogen-bond donors (Lipinski definition) is 1. The summed E-state index contributed by atoms with van der Waals surface area (Å²) in [6.07, 6.45) is 0.379. The predicted octanol–water partition coefficient (Wildman–Crippen LogP) is 5.75. The molecule has 3 rings (SSSR count). The number of carbonyl (C=O) groups excluding carboxylic acids is 2. The maximum absolute atomic E-state index is 13.7. The molecule has 2 amide bonds. The van der Waals surface area contributed by atoms with E-state index in [-0.39, 0.29) is 30.9 Å². The van der Waals surface area contributed by atoms with Crippen molar-refractivity contribution >= 4 is 23.4 Å². The maximum atomic E-state index is 13.7. The molecule has 3 aromatic rings. The third-order valence-electron chi connectivity index (χ3n) is 6.16. The fraction of sp³-hybridized carbons (Fsp3) is 0.333. The van der Waals surface area contributed by atoms with Crippen molar-refractivity contribution in [2.24, 2.45) is 5.92 Å². The van der Waals surface area contributed by atoms with E-state index >= 15 is 0 Å². The summed E-state index contributed by atoms with van der Waals surface area (Å²) in [5.41, 5.74) is 3.81. The van der Waals surface area contributed by atoms with Crippen molar-refractivity contribution in [2.45, 2.75) is 46.7 Å². The Morgan fingerprint density at radius 2 is 1.64 bits per heavy atom. The molecule has 1 atom stereocenters. The number of benzene rings is 3. The van der Waals surface area contributed by atoms with Crippen molar-refractivity contribution in [3.63, 3.8) is 0 Å². The highest BCUT2D eigenvalue weighted by atomic mass is 35.5. The lowest BCUT2D eigenvalue weighted by Gasteiger charge is -2.32. The average Bonchev–Trinajstić information content (AvgIpc) is 2.87. The number of amides is 2. The SMILES string of the molecule is Cc1cccc(OCC(=O)N(Cc2ccccc2Cl)C(Cc2ccccc2)C(=O)NCC(C)C)c1C. The van der Waals surface area contributed by atoms with Gasteiger partial charge in [-0.1, -0.05) is 86.1 Å². The molecule has 0 radical (unpaired) electrons. The molecule has 1 N–H and O–H groups in total. The van der Waals surface area contributed by atoms with Crippen LogP contribution in [0.5, 0.6) is 5.75 Å². The Balaban J connectivity index is 1.93. The van der Waals surface area contributed by atoms with Crippen LogP contribution in [-0.2, 0) is 22.6 Å². The Bertz CT molecular complexity index is 1160. The van der Waals surface area contributed by atoms with Gasteiger partial charge in [-0.25, -0.2) is 0 Å². The minimum atomic E-state index is -0.725. The van der Waals surface area contributed by atoms with E-state index in [2.05, 4.69) is 5.32 Å². The second-order valence-electron chi connectivity index (χ2n) is 9.44. The molecule has 0 spiro atoms. The average molecular weight is 507 g/mol. The van der Waals surface area contributed by atoms with Crippen LogP contribution in [0.2, 0.25) is 5.02 Å². The Morgan fingerprint density at radius 3 is 2.33 bits per heavy atom. The van der Waals surface area contributed by atoms with Gasteiger partial charge in [0.25, 0.3) is 5.91 Å². The summed E-state index contributed by atoms with van der Waals surface area (Å²) in [6.45, 7) is 8.58. The summed E-state index contributed by atoms with van der Waals surface area (Å²) in [5.74, 6) is 0.465. The zero-order valence-corrected chi connectivity index (χ0v) is 22.2. The minimum absolute atomic E-state index is 0.183. The van der Waals surface area contributed by atoms with Gasteiger partial charge in [0.05, 0.1) is 0 Å². The van der Waals surface area contributed by atoms with E-state index in [9.17, 15) is 9.59 Å². The van der Waals surface area contributed by atoms with Crippen LogP contribution >= 0.6 is 11.6 Å². The summed E-state index contributed by atoms with van der Waals surface area (Å²) in [4.78, 5) is 28.7. The second-order valence-corrected chi connectivity index (χ2v) is 9.85. The Labute approximate surface area is 219 Å². The van der Waals surface area contributed by atoms with Crippen LogP contribution in [-0.4, -0.2) is 35.9 Å². The molecule has 0 aliphatic carbocycles. The first kappa shape index (κ1) is 27.3. The zero-order chi connectivity index (χ0) is 26.1. The summed E-state index contributed by atoms with van der Waals surface area (Å²) >= 11 is 6.46. The number of carbonyl (C=O) groups is 2. The summed E-state index contributed by atoms with van der Waals surface area (Å²) in [5, 5.41) is 3.57. The molecule has 0 bridgehead atoms. The van der Waals surface area contributed by atoms with Gasteiger partial charge in [0.1, 0.15) is 11.8 Å². The van der Waals surface area contributed by atoms with E-state index < -0.39 is 6.04 Å². The standard InChI is InChI=1S/C30H35ClN2O3/c1-21(2)18-32-30(35)27(17-24-12-6-5-7-13-24)33(19-25-14-8-9-15-26(25)31)29(34)20-36-28-16-10-11-22(3)23(28)4/h5-16,21,27H,17-20H2,1-4H3,(H,32,35). The molecule has 0 heterocycles. The molecule has 5 nitrogen and oxygen atoms in total. The lowest BCUT2D eigenvalue weighted by atomic mass is 10.0. The third kappa shape index (κ3) is 7.59. The molecular weight excluding hydrogens is 472 g/mol. The lowest BCUT2D eigenvalue weighted by molar-refractivity contribution is -0.142. The molecule has 1 unspecified atom stereocenters. The van der Waals surface area contributed by atoms with Crippen LogP contribution in [0.25, 0.3) is 0 Å². The van der Waals surface area contributed by atoms with Gasteiger partial charge >= 0.3 is 0 Å². The Morgan fingerprint density at radius 1 is 0.944 bits per heavy atom. The van der Waals surface area contributed by atoms with E-state index in [4.69, 9.17) is 16.3 Å². The fourth-order valence-electron chi connectivity index (χ4n) is 3.89. The summed E-state index contributed by atoms with van der Waals surface area (Å²) in [6, 6.07) is 22.1. The van der Waals surface area contributed by atoms with Crippen LogP contribution < -0.4 is 10.1 Å². The predicted molar refractivity (Wildman–Crippen MR) is 145 cm³/mol. The Hall–Kier alpha value is -3.31. The van der Waals surface area contributed by atoms with Crippen LogP contribution in [0.4, 0.5) is 0 Å². The van der Waals surface area contributed by atoms with E-state index in [1.807, 2.05) is 94.4 Å². The molecule has 0 aliphatic rings. The van der Waals surface area contributed by atoms with Gasteiger partial charge in [-0.2, -0.15) is 0 Å². The van der Waals surface area contributed by atoms with Crippen molar-refractivity contribution in [1.82, 2.24) is 10.2 Å². The fourth-order valence-corrected chi connectivity index (χ4v) is 4.09. The molecule has 0 aliphatic heterocycles. The topological polar surface area (TPSA) is 58.6 Å². The quantitative estimate of drug-likeness (QED) is 0.360. The van der Waals surface area contributed by atoms with E-state index in [1.165, 1.54) is 0 Å². The van der Waals surface area contributed by atoms with E-state index in [0.717, 1.165) is 22.3 Å². The van der Waals surface area contributed by atoms with Gasteiger partial charge in [0.2, 0.25) is 5.91 Å². The highest BCUT2D eigenvalue weighted by Crippen LogP contribution is 2.23. The number of aryl methyl sites for hydroxylation is 1. The number of halogens is 1. The number of nitrogens with zero attached hydrogens (tertiary/aromatic N) is 1. The van der Waals surface area contributed by atoms with Crippen molar-refractivity contribution in [3.05, 3.63) is 100 Å². The lowest BCUT2D eigenvalue weighted by Crippen LogP contribution is -2.52. The van der Waals surface area contributed by atoms with E-state index in [1.54, 1.807) is 11.0 Å². The highest BCUT2D eigenvalue weighted by Gasteiger charge is 2.31. The van der Waals surface area contributed by atoms with Crippen LogP contribution in [0, 0.1) is 19.8 Å². The molecule has 0 saturated carbocycles. The monoisotopic (exact) mass is 506 g/mol. The molecule has 0 aromatic heterocycles. The normalized spacial score (nSPS) is 11.7. The molecule has 0 saturated heterocycles. The third-order valence-corrected chi connectivity index (χ3v) is 6.53. The molecule has 0 fully saturated rings. The maximum Gasteiger partial charge on any atom is 0.261 e. The molecule has 3 aromatic carbocycles. The van der Waals surface area contributed by atoms with Gasteiger partial charge in [0, 0.05) is 24.5 Å². The summed E-state index contributed by atoms with van der Waals surface area (Å²) in [7, 11) is 0. The van der Waals surface area contributed by atoms with Crippen molar-refractivity contribution < 1.29 is 14.3 Å². The van der Waals surface area contributed by atoms with Gasteiger partial charge in [-0.05, 0) is 54.2 Å². The van der Waals surface area contributed by atoms with Crippen molar-refractivity contribution in [1.29, 1.82) is 0 Å². The first-order valence-electron chi connectivity index (χ1n) is 12.3. The first-order chi connectivity index (χ1) is 17.3.